The molecule has 0 radical (unpaired) electrons. The lowest BCUT2D eigenvalue weighted by Crippen LogP contribution is -1.97. The lowest BCUT2D eigenvalue weighted by atomic mass is 10.00. The third-order valence-electron chi connectivity index (χ3n) is 2.95. The van der Waals surface area contributed by atoms with Crippen molar-refractivity contribution in [1.29, 1.82) is 0 Å². The van der Waals surface area contributed by atoms with E-state index in [1.165, 1.54) is 0 Å². The summed E-state index contributed by atoms with van der Waals surface area (Å²) in [7, 11) is 0. The van der Waals surface area contributed by atoms with Gasteiger partial charge in [-0.05, 0) is 30.2 Å². The molecule has 1 heterocycles. The van der Waals surface area contributed by atoms with Gasteiger partial charge in [0, 0.05) is 18.2 Å². The highest BCUT2D eigenvalue weighted by molar-refractivity contribution is 5.73. The number of hydrogen-bond acceptors (Lipinski definition) is 2. The molecule has 0 aliphatic heterocycles. The van der Waals surface area contributed by atoms with Gasteiger partial charge in [0.15, 0.2) is 0 Å². The number of phenolic OH excluding ortho intramolecular Hbond substituents is 1. The molecular formula is C17H17NO. The minimum atomic E-state index is 0.302. The Morgan fingerprint density at radius 3 is 2.79 bits per heavy atom. The van der Waals surface area contributed by atoms with E-state index in [2.05, 4.69) is 11.6 Å². The predicted octanol–water partition coefficient (Wildman–Crippen LogP) is 3.97. The molecule has 2 rings (SSSR count). The van der Waals surface area contributed by atoms with Crippen molar-refractivity contribution in [3.8, 4) is 5.75 Å². The van der Waals surface area contributed by atoms with Crippen molar-refractivity contribution in [3.05, 3.63) is 78.1 Å². The molecule has 0 amide bonds. The summed E-state index contributed by atoms with van der Waals surface area (Å²) >= 11 is 0. The van der Waals surface area contributed by atoms with Gasteiger partial charge in [-0.2, -0.15) is 0 Å². The molecule has 2 heteroatoms. The van der Waals surface area contributed by atoms with Crippen molar-refractivity contribution < 1.29 is 5.11 Å². The van der Waals surface area contributed by atoms with Crippen molar-refractivity contribution >= 4 is 5.57 Å². The zero-order valence-corrected chi connectivity index (χ0v) is 11.0. The molecule has 1 aromatic carbocycles. The Balaban J connectivity index is 2.36. The van der Waals surface area contributed by atoms with Crippen LogP contribution in [0.15, 0.2) is 61.3 Å². The predicted molar refractivity (Wildman–Crippen MR) is 79.0 cm³/mol. The van der Waals surface area contributed by atoms with Crippen LogP contribution in [-0.4, -0.2) is 10.1 Å². The number of nitrogens with zero attached hydrogens (tertiary/aromatic N) is 1. The molecule has 1 aromatic heterocycles. The van der Waals surface area contributed by atoms with Gasteiger partial charge in [-0.1, -0.05) is 43.0 Å². The number of rotatable bonds is 4. The Bertz CT molecular complexity index is 614. The van der Waals surface area contributed by atoms with Crippen molar-refractivity contribution in [2.45, 2.75) is 13.3 Å². The Morgan fingerprint density at radius 2 is 2.05 bits per heavy atom. The van der Waals surface area contributed by atoms with Crippen molar-refractivity contribution in [2.24, 2.45) is 0 Å². The fourth-order valence-corrected chi connectivity index (χ4v) is 2.00. The van der Waals surface area contributed by atoms with Crippen molar-refractivity contribution in [1.82, 2.24) is 4.98 Å². The van der Waals surface area contributed by atoms with Gasteiger partial charge in [-0.3, -0.25) is 4.98 Å². The average Bonchev–Trinajstić information content (AvgIpc) is 2.42. The highest BCUT2D eigenvalue weighted by atomic mass is 16.3. The topological polar surface area (TPSA) is 33.1 Å². The molecular weight excluding hydrogens is 234 g/mol. The first-order chi connectivity index (χ1) is 9.22. The maximum absolute atomic E-state index is 9.84. The van der Waals surface area contributed by atoms with Gasteiger partial charge >= 0.3 is 0 Å². The lowest BCUT2D eigenvalue weighted by Gasteiger charge is -2.09. The quantitative estimate of drug-likeness (QED) is 0.834. The van der Waals surface area contributed by atoms with E-state index < -0.39 is 0 Å². The van der Waals surface area contributed by atoms with Crippen LogP contribution >= 0.6 is 0 Å². The van der Waals surface area contributed by atoms with Gasteiger partial charge < -0.3 is 5.11 Å². The summed E-state index contributed by atoms with van der Waals surface area (Å²) < 4.78 is 0. The zero-order chi connectivity index (χ0) is 13.7. The summed E-state index contributed by atoms with van der Waals surface area (Å²) in [5.74, 6) is 0.302. The van der Waals surface area contributed by atoms with Crippen molar-refractivity contribution in [3.63, 3.8) is 0 Å². The number of pyridine rings is 1. The van der Waals surface area contributed by atoms with Gasteiger partial charge in [0.25, 0.3) is 0 Å². The van der Waals surface area contributed by atoms with Crippen LogP contribution in [0.4, 0.5) is 0 Å². The van der Waals surface area contributed by atoms with Crippen LogP contribution in [0.5, 0.6) is 5.75 Å². The largest absolute Gasteiger partial charge is 0.508 e. The van der Waals surface area contributed by atoms with Crippen LogP contribution < -0.4 is 0 Å². The van der Waals surface area contributed by atoms with Gasteiger partial charge in [0.05, 0.1) is 5.69 Å². The van der Waals surface area contributed by atoms with E-state index in [1.54, 1.807) is 12.3 Å². The Kier molecular flexibility index (Phi) is 4.14. The number of benzene rings is 1. The first-order valence-electron chi connectivity index (χ1n) is 6.25. The normalized spacial score (nSPS) is 10.8. The third-order valence-corrected chi connectivity index (χ3v) is 2.95. The molecule has 0 unspecified atom stereocenters. The zero-order valence-electron chi connectivity index (χ0n) is 11.0. The molecule has 0 bridgehead atoms. The molecule has 0 aliphatic carbocycles. The number of aromatic hydroxyl groups is 1. The van der Waals surface area contributed by atoms with Crippen LogP contribution in [0.2, 0.25) is 0 Å². The van der Waals surface area contributed by atoms with E-state index in [0.29, 0.717) is 12.2 Å². The van der Waals surface area contributed by atoms with E-state index in [-0.39, 0.29) is 0 Å². The summed E-state index contributed by atoms with van der Waals surface area (Å²) in [5, 5.41) is 9.84. The van der Waals surface area contributed by atoms with E-state index in [9.17, 15) is 5.11 Å². The lowest BCUT2D eigenvalue weighted by molar-refractivity contribution is 0.469. The molecule has 96 valence electrons. The molecule has 0 saturated heterocycles. The molecule has 0 spiro atoms. The minimum Gasteiger partial charge on any atom is -0.508 e. The molecule has 0 saturated carbocycles. The highest BCUT2D eigenvalue weighted by Gasteiger charge is 2.08. The number of para-hydroxylation sites is 1. The van der Waals surface area contributed by atoms with E-state index in [1.807, 2.05) is 49.4 Å². The molecule has 0 aliphatic rings. The van der Waals surface area contributed by atoms with Gasteiger partial charge in [0.2, 0.25) is 0 Å². The molecule has 19 heavy (non-hydrogen) atoms. The molecule has 0 fully saturated rings. The Morgan fingerprint density at radius 1 is 1.26 bits per heavy atom. The minimum absolute atomic E-state index is 0.302. The first kappa shape index (κ1) is 13.1. The summed E-state index contributed by atoms with van der Waals surface area (Å²) in [6.45, 7) is 6.01. The SMILES string of the molecule is C=C(/C=C\C)c1cccnc1Cc1ccccc1O. The summed E-state index contributed by atoms with van der Waals surface area (Å²) in [6, 6.07) is 11.2. The Hall–Kier alpha value is -2.35. The van der Waals surface area contributed by atoms with Crippen LogP contribution in [0, 0.1) is 0 Å². The smallest absolute Gasteiger partial charge is 0.119 e. The summed E-state index contributed by atoms with van der Waals surface area (Å²) in [5.41, 5.74) is 3.74. The molecule has 2 aromatic rings. The maximum Gasteiger partial charge on any atom is 0.119 e. The maximum atomic E-state index is 9.84. The number of phenols is 1. The van der Waals surface area contributed by atoms with Crippen molar-refractivity contribution in [2.75, 3.05) is 0 Å². The second-order valence-electron chi connectivity index (χ2n) is 4.33. The van der Waals surface area contributed by atoms with Gasteiger partial charge in [0.1, 0.15) is 5.75 Å². The van der Waals surface area contributed by atoms with Crippen LogP contribution in [-0.2, 0) is 6.42 Å². The van der Waals surface area contributed by atoms with Crippen LogP contribution in [0.3, 0.4) is 0 Å². The van der Waals surface area contributed by atoms with Gasteiger partial charge in [-0.15, -0.1) is 0 Å². The van der Waals surface area contributed by atoms with Crippen LogP contribution in [0.25, 0.3) is 5.57 Å². The monoisotopic (exact) mass is 251 g/mol. The van der Waals surface area contributed by atoms with Gasteiger partial charge in [-0.25, -0.2) is 0 Å². The standard InChI is InChI=1S/C17H17NO/c1-3-7-13(2)15-9-6-11-18-16(15)12-14-8-4-5-10-17(14)19/h3-11,19H,2,12H2,1H3/b7-3-. The molecule has 0 atom stereocenters. The summed E-state index contributed by atoms with van der Waals surface area (Å²) in [6.07, 6.45) is 6.28. The number of allylic oxidation sites excluding steroid dienone is 3. The van der Waals surface area contributed by atoms with Crippen LogP contribution in [0.1, 0.15) is 23.7 Å². The second-order valence-corrected chi connectivity index (χ2v) is 4.33. The fraction of sp³-hybridized carbons (Fsp3) is 0.118. The highest BCUT2D eigenvalue weighted by Crippen LogP contribution is 2.23. The van der Waals surface area contributed by atoms with E-state index in [4.69, 9.17) is 0 Å². The molecule has 2 nitrogen and oxygen atoms in total. The fourth-order valence-electron chi connectivity index (χ4n) is 2.00. The number of hydrogen-bond donors (Lipinski definition) is 1. The molecule has 1 N–H and O–H groups in total. The van der Waals surface area contributed by atoms with E-state index >= 15 is 0 Å². The van der Waals surface area contributed by atoms with E-state index in [0.717, 1.165) is 22.4 Å². The third kappa shape index (κ3) is 3.10. The Labute approximate surface area is 113 Å². The average molecular weight is 251 g/mol. The second kappa shape index (κ2) is 6.01. The number of aromatic nitrogens is 1. The first-order valence-corrected chi connectivity index (χ1v) is 6.25. The summed E-state index contributed by atoms with van der Waals surface area (Å²) in [4.78, 5) is 4.41.